The first-order valence-corrected chi connectivity index (χ1v) is 18.8. The minimum atomic E-state index is 1.36. The molecule has 0 unspecified atom stereocenters. The number of rotatable bonds is 20. The smallest absolute Gasteiger partial charge is 0.0533 e. The lowest BCUT2D eigenvalue weighted by Gasteiger charge is -2.03. The average Bonchev–Trinajstić information content (AvgIpc) is 3.02. The van der Waals surface area contributed by atoms with Crippen molar-refractivity contribution in [2.24, 2.45) is 0 Å². The zero-order valence-corrected chi connectivity index (χ0v) is 31.6. The molecule has 0 spiro atoms. The number of hydrogen-bond donors (Lipinski definition) is 0. The highest BCUT2D eigenvalue weighted by Crippen LogP contribution is 2.13. The van der Waals surface area contributed by atoms with E-state index >= 15 is 0 Å². The molecule has 0 aromatic rings. The van der Waals surface area contributed by atoms with Gasteiger partial charge in [0.25, 0.3) is 0 Å². The third-order valence-electron chi connectivity index (χ3n) is 5.41. The first-order valence-electron chi connectivity index (χ1n) is 18.8. The highest BCUT2D eigenvalue weighted by atomic mass is 14.0. The molecule has 0 fully saturated rings. The molecule has 0 nitrogen and oxygen atoms in total. The Hall–Kier alpha value is 0. The standard InChI is InChI=1S/C18H38.C8H18.6C2H6/c1-3-5-7-9-11-13-15-17-18-16-14-12-10-8-6-4-2;1-3-5-7-8-6-4-2;6*1-2/h3-18H2,1-2H3;3-8H2,1-2H3;6*1-2H3. The van der Waals surface area contributed by atoms with Gasteiger partial charge >= 0.3 is 0 Å². The summed E-state index contributed by atoms with van der Waals surface area (Å²) >= 11 is 0. The van der Waals surface area contributed by atoms with Crippen molar-refractivity contribution in [1.29, 1.82) is 0 Å². The minimum absolute atomic E-state index is 1.36. The third-order valence-corrected chi connectivity index (χ3v) is 5.41. The van der Waals surface area contributed by atoms with Crippen molar-refractivity contribution in [3.63, 3.8) is 0 Å². The van der Waals surface area contributed by atoms with Crippen LogP contribution in [0, 0.1) is 0 Å². The summed E-state index contributed by atoms with van der Waals surface area (Å²) in [6.45, 7) is 33.1. The summed E-state index contributed by atoms with van der Waals surface area (Å²) in [4.78, 5) is 0. The van der Waals surface area contributed by atoms with Crippen molar-refractivity contribution >= 4 is 0 Å². The summed E-state index contributed by atoms with van der Waals surface area (Å²) in [5, 5.41) is 0. The fourth-order valence-electron chi connectivity index (χ4n) is 3.47. The Bertz CT molecular complexity index is 174. The molecule has 0 atom stereocenters. The van der Waals surface area contributed by atoms with E-state index < -0.39 is 0 Å². The number of hydrogen-bond acceptors (Lipinski definition) is 0. The number of unbranched alkanes of at least 4 members (excludes halogenated alkanes) is 20. The van der Waals surface area contributed by atoms with Crippen LogP contribution < -0.4 is 0 Å². The van der Waals surface area contributed by atoms with Gasteiger partial charge in [0.05, 0.1) is 0 Å². The van der Waals surface area contributed by atoms with E-state index in [1.54, 1.807) is 0 Å². The van der Waals surface area contributed by atoms with Gasteiger partial charge in [-0.2, -0.15) is 0 Å². The lowest BCUT2D eigenvalue weighted by molar-refractivity contribution is 0.531. The minimum Gasteiger partial charge on any atom is -0.0683 e. The van der Waals surface area contributed by atoms with Gasteiger partial charge in [-0.05, 0) is 0 Å². The van der Waals surface area contributed by atoms with E-state index in [0.717, 1.165) is 0 Å². The van der Waals surface area contributed by atoms with Crippen molar-refractivity contribution in [1.82, 2.24) is 0 Å². The lowest BCUT2D eigenvalue weighted by atomic mass is 10.0. The molecule has 0 amide bonds. The van der Waals surface area contributed by atoms with E-state index in [1.165, 1.54) is 141 Å². The largest absolute Gasteiger partial charge is 0.0683 e. The molecule has 0 aliphatic heterocycles. The van der Waals surface area contributed by atoms with Crippen LogP contribution in [0.1, 0.15) is 252 Å². The molecule has 0 heterocycles. The third kappa shape index (κ3) is 110. The summed E-state index contributed by atoms with van der Waals surface area (Å²) in [6.07, 6.45) is 31.9. The predicted molar refractivity (Wildman–Crippen MR) is 192 cm³/mol. The molecule has 0 rings (SSSR count). The molecule has 0 aromatic carbocycles. The molecular formula is C38H92. The molecule has 0 saturated heterocycles. The summed E-state index contributed by atoms with van der Waals surface area (Å²) in [5.41, 5.74) is 0. The molecular weight excluding hydrogens is 456 g/mol. The van der Waals surface area contributed by atoms with E-state index in [9.17, 15) is 0 Å². The van der Waals surface area contributed by atoms with Crippen LogP contribution in [-0.4, -0.2) is 0 Å². The maximum Gasteiger partial charge on any atom is -0.0533 e. The van der Waals surface area contributed by atoms with Crippen LogP contribution in [0.3, 0.4) is 0 Å². The quantitative estimate of drug-likeness (QED) is 0.133. The molecule has 0 heteroatoms. The van der Waals surface area contributed by atoms with E-state index in [0.29, 0.717) is 0 Å². The van der Waals surface area contributed by atoms with E-state index in [-0.39, 0.29) is 0 Å². The fraction of sp³-hybridized carbons (Fsp3) is 1.00. The zero-order valence-electron chi connectivity index (χ0n) is 31.6. The van der Waals surface area contributed by atoms with Gasteiger partial charge in [-0.15, -0.1) is 0 Å². The molecule has 0 aliphatic carbocycles. The van der Waals surface area contributed by atoms with Crippen LogP contribution in [0.4, 0.5) is 0 Å². The summed E-state index contributed by atoms with van der Waals surface area (Å²) < 4.78 is 0. The molecule has 0 saturated carbocycles. The average molecular weight is 549 g/mol. The van der Waals surface area contributed by atoms with Crippen molar-refractivity contribution < 1.29 is 0 Å². The van der Waals surface area contributed by atoms with Crippen LogP contribution in [0.5, 0.6) is 0 Å². The first kappa shape index (κ1) is 57.8. The van der Waals surface area contributed by atoms with Crippen molar-refractivity contribution in [3.8, 4) is 0 Å². The molecule has 0 aliphatic rings. The molecule has 244 valence electrons. The Balaban J connectivity index is -0.0000000625. The Labute approximate surface area is 251 Å². The highest BCUT2D eigenvalue weighted by Gasteiger charge is 1.93. The summed E-state index contributed by atoms with van der Waals surface area (Å²) in [7, 11) is 0. The van der Waals surface area contributed by atoms with Crippen molar-refractivity contribution in [3.05, 3.63) is 0 Å². The summed E-state index contributed by atoms with van der Waals surface area (Å²) in [5.74, 6) is 0. The van der Waals surface area contributed by atoms with E-state index in [1.807, 2.05) is 83.1 Å². The van der Waals surface area contributed by atoms with Crippen LogP contribution in [0.15, 0.2) is 0 Å². The predicted octanol–water partition coefficient (Wildman–Crippen LogP) is 16.8. The highest BCUT2D eigenvalue weighted by molar-refractivity contribution is 4.49. The van der Waals surface area contributed by atoms with E-state index in [2.05, 4.69) is 27.7 Å². The lowest BCUT2D eigenvalue weighted by Crippen LogP contribution is -1.83. The Morgan fingerprint density at radius 1 is 0.158 bits per heavy atom. The first-order chi connectivity index (χ1) is 18.8. The fourth-order valence-corrected chi connectivity index (χ4v) is 3.47. The Kier molecular flexibility index (Phi) is 151. The van der Waals surface area contributed by atoms with Gasteiger partial charge in [-0.3, -0.25) is 0 Å². The monoisotopic (exact) mass is 549 g/mol. The molecule has 0 radical (unpaired) electrons. The molecule has 38 heavy (non-hydrogen) atoms. The Morgan fingerprint density at radius 2 is 0.237 bits per heavy atom. The van der Waals surface area contributed by atoms with Crippen LogP contribution >= 0.6 is 0 Å². The van der Waals surface area contributed by atoms with Crippen molar-refractivity contribution in [2.75, 3.05) is 0 Å². The SMILES string of the molecule is CC.CC.CC.CC.CC.CC.CCCCCCCC.CCCCCCCCCCCCCCCCCC. The second kappa shape index (κ2) is 99.1. The van der Waals surface area contributed by atoms with Crippen LogP contribution in [0.25, 0.3) is 0 Å². The van der Waals surface area contributed by atoms with Gasteiger partial charge < -0.3 is 0 Å². The van der Waals surface area contributed by atoms with Gasteiger partial charge in [0.1, 0.15) is 0 Å². The second-order valence-electron chi connectivity index (χ2n) is 8.36. The normalized spacial score (nSPS) is 8.21. The van der Waals surface area contributed by atoms with Crippen LogP contribution in [0.2, 0.25) is 0 Å². The zero-order chi connectivity index (χ0) is 31.6. The summed E-state index contributed by atoms with van der Waals surface area (Å²) in [6, 6.07) is 0. The van der Waals surface area contributed by atoms with Gasteiger partial charge in [0.15, 0.2) is 0 Å². The topological polar surface area (TPSA) is 0 Å². The Morgan fingerprint density at radius 3 is 0.316 bits per heavy atom. The van der Waals surface area contributed by atoms with Gasteiger partial charge in [0.2, 0.25) is 0 Å². The van der Waals surface area contributed by atoms with Gasteiger partial charge in [-0.1, -0.05) is 252 Å². The molecule has 0 N–H and O–H groups in total. The molecule has 0 bridgehead atoms. The maximum absolute atomic E-state index is 2.29. The van der Waals surface area contributed by atoms with Gasteiger partial charge in [0, 0.05) is 0 Å². The second-order valence-corrected chi connectivity index (χ2v) is 8.36. The maximum atomic E-state index is 2.29. The van der Waals surface area contributed by atoms with Crippen molar-refractivity contribution in [2.45, 2.75) is 252 Å². The molecule has 0 aromatic heterocycles. The van der Waals surface area contributed by atoms with E-state index in [4.69, 9.17) is 0 Å². The van der Waals surface area contributed by atoms with Crippen LogP contribution in [-0.2, 0) is 0 Å². The van der Waals surface area contributed by atoms with Gasteiger partial charge in [-0.25, -0.2) is 0 Å².